The zero-order chi connectivity index (χ0) is 19.7. The molecule has 0 amide bonds. The van der Waals surface area contributed by atoms with Crippen molar-refractivity contribution < 1.29 is 13.2 Å². The SMILES string of the molecule is Cc1ccc(C(C)(C)C)c(OP(F)Oc2cc(C)ccc2C(C)(C)C)c1. The van der Waals surface area contributed by atoms with Crippen LogP contribution in [0.5, 0.6) is 11.5 Å². The van der Waals surface area contributed by atoms with E-state index < -0.39 is 8.69 Å². The standard InChI is InChI=1S/C22H30FO2P/c1-15-9-11-17(21(3,4)5)19(13-15)24-26(23)25-20-14-16(2)10-12-18(20)22(6,7)8/h9-14H,1-8H3. The maximum absolute atomic E-state index is 14.8. The molecule has 0 aliphatic heterocycles. The highest BCUT2D eigenvalue weighted by atomic mass is 31.2. The monoisotopic (exact) mass is 376 g/mol. The number of aryl methyl sites for hydroxylation is 2. The van der Waals surface area contributed by atoms with Gasteiger partial charge in [0.15, 0.2) is 0 Å². The van der Waals surface area contributed by atoms with Crippen LogP contribution in [0, 0.1) is 13.8 Å². The smallest absolute Gasteiger partial charge is 0.414 e. The Hall–Kier alpha value is -1.60. The van der Waals surface area contributed by atoms with Crippen molar-refractivity contribution in [2.75, 3.05) is 0 Å². The van der Waals surface area contributed by atoms with Crippen molar-refractivity contribution in [3.05, 3.63) is 58.7 Å². The van der Waals surface area contributed by atoms with Gasteiger partial charge in [0.1, 0.15) is 11.5 Å². The summed E-state index contributed by atoms with van der Waals surface area (Å²) in [6, 6.07) is 11.8. The molecule has 0 saturated carbocycles. The summed E-state index contributed by atoms with van der Waals surface area (Å²) in [5.74, 6) is 1.10. The predicted molar refractivity (Wildman–Crippen MR) is 109 cm³/mol. The second-order valence-electron chi connectivity index (χ2n) is 8.89. The molecule has 2 aromatic rings. The zero-order valence-corrected chi connectivity index (χ0v) is 18.0. The average Bonchev–Trinajstić information content (AvgIpc) is 2.44. The Bertz CT molecular complexity index is 707. The molecule has 26 heavy (non-hydrogen) atoms. The van der Waals surface area contributed by atoms with E-state index in [0.29, 0.717) is 11.5 Å². The van der Waals surface area contributed by atoms with Crippen LogP contribution in [0.25, 0.3) is 0 Å². The van der Waals surface area contributed by atoms with E-state index in [2.05, 4.69) is 41.5 Å². The molecular formula is C22H30FO2P. The molecule has 0 N–H and O–H groups in total. The van der Waals surface area contributed by atoms with E-state index in [4.69, 9.17) is 9.05 Å². The number of rotatable bonds is 4. The maximum Gasteiger partial charge on any atom is 0.505 e. The lowest BCUT2D eigenvalue weighted by atomic mass is 9.86. The second kappa shape index (κ2) is 7.56. The highest BCUT2D eigenvalue weighted by Gasteiger charge is 2.26. The molecule has 0 bridgehead atoms. The molecule has 2 nitrogen and oxygen atoms in total. The average molecular weight is 376 g/mol. The Kier molecular flexibility index (Phi) is 6.02. The first-order chi connectivity index (χ1) is 11.9. The minimum atomic E-state index is -2.58. The van der Waals surface area contributed by atoms with Gasteiger partial charge < -0.3 is 9.05 Å². The van der Waals surface area contributed by atoms with Gasteiger partial charge in [-0.15, -0.1) is 4.20 Å². The van der Waals surface area contributed by atoms with Gasteiger partial charge >= 0.3 is 8.69 Å². The van der Waals surface area contributed by atoms with Crippen molar-refractivity contribution in [2.45, 2.75) is 66.2 Å². The first-order valence-corrected chi connectivity index (χ1v) is 9.99. The molecule has 0 aliphatic carbocycles. The molecule has 0 atom stereocenters. The molecule has 4 heteroatoms. The molecule has 0 saturated heterocycles. The van der Waals surface area contributed by atoms with E-state index in [1.54, 1.807) is 0 Å². The first kappa shape index (κ1) is 20.7. The van der Waals surface area contributed by atoms with Crippen LogP contribution in [0.3, 0.4) is 0 Å². The van der Waals surface area contributed by atoms with Crippen molar-refractivity contribution in [3.8, 4) is 11.5 Å². The second-order valence-corrected chi connectivity index (χ2v) is 9.68. The van der Waals surface area contributed by atoms with Crippen LogP contribution in [-0.2, 0) is 10.8 Å². The topological polar surface area (TPSA) is 18.5 Å². The summed E-state index contributed by atoms with van der Waals surface area (Å²) in [6.07, 6.45) is 0. The summed E-state index contributed by atoms with van der Waals surface area (Å²) in [7, 11) is -2.58. The van der Waals surface area contributed by atoms with E-state index >= 15 is 0 Å². The minimum Gasteiger partial charge on any atom is -0.414 e. The van der Waals surface area contributed by atoms with Crippen molar-refractivity contribution in [3.63, 3.8) is 0 Å². The summed E-state index contributed by atoms with van der Waals surface area (Å²) in [5.41, 5.74) is 3.72. The fraction of sp³-hybridized carbons (Fsp3) is 0.455. The summed E-state index contributed by atoms with van der Waals surface area (Å²) < 4.78 is 26.1. The van der Waals surface area contributed by atoms with Gasteiger partial charge in [0.05, 0.1) is 0 Å². The predicted octanol–water partition coefficient (Wildman–Crippen LogP) is 7.55. The van der Waals surface area contributed by atoms with Gasteiger partial charge in [0.25, 0.3) is 0 Å². The fourth-order valence-electron chi connectivity index (χ4n) is 2.82. The Morgan fingerprint density at radius 2 is 1.04 bits per heavy atom. The van der Waals surface area contributed by atoms with Crippen LogP contribution in [0.1, 0.15) is 63.8 Å². The summed E-state index contributed by atoms with van der Waals surface area (Å²) >= 11 is 0. The molecule has 0 fully saturated rings. The van der Waals surface area contributed by atoms with Crippen molar-refractivity contribution >= 4 is 8.69 Å². The quantitative estimate of drug-likeness (QED) is 0.513. The summed E-state index contributed by atoms with van der Waals surface area (Å²) in [5, 5.41) is 0. The van der Waals surface area contributed by atoms with Gasteiger partial charge in [-0.3, -0.25) is 0 Å². The molecule has 2 rings (SSSR count). The number of benzene rings is 2. The molecule has 0 unspecified atom stereocenters. The summed E-state index contributed by atoms with van der Waals surface area (Å²) in [6.45, 7) is 16.5. The molecular weight excluding hydrogens is 346 g/mol. The first-order valence-electron chi connectivity index (χ1n) is 8.92. The lowest BCUT2D eigenvalue weighted by Gasteiger charge is -2.25. The van der Waals surface area contributed by atoms with Crippen LogP contribution < -0.4 is 9.05 Å². The lowest BCUT2D eigenvalue weighted by Crippen LogP contribution is -2.14. The Balaban J connectivity index is 2.30. The van der Waals surface area contributed by atoms with E-state index in [1.807, 2.05) is 50.2 Å². The Morgan fingerprint density at radius 1 is 0.692 bits per heavy atom. The third-order valence-corrected chi connectivity index (χ3v) is 4.91. The molecule has 0 spiro atoms. The van der Waals surface area contributed by atoms with Crippen LogP contribution in [0.4, 0.5) is 4.20 Å². The van der Waals surface area contributed by atoms with Crippen molar-refractivity contribution in [1.29, 1.82) is 0 Å². The molecule has 0 aromatic heterocycles. The largest absolute Gasteiger partial charge is 0.505 e. The van der Waals surface area contributed by atoms with Gasteiger partial charge in [0, 0.05) is 11.1 Å². The van der Waals surface area contributed by atoms with E-state index in [0.717, 1.165) is 22.3 Å². The highest BCUT2D eigenvalue weighted by molar-refractivity contribution is 7.42. The molecule has 0 radical (unpaired) electrons. The van der Waals surface area contributed by atoms with Gasteiger partial charge in [-0.05, 0) is 47.9 Å². The Labute approximate surface area is 158 Å². The van der Waals surface area contributed by atoms with Crippen LogP contribution >= 0.6 is 8.69 Å². The van der Waals surface area contributed by atoms with E-state index in [1.165, 1.54) is 0 Å². The van der Waals surface area contributed by atoms with Crippen molar-refractivity contribution in [1.82, 2.24) is 0 Å². The van der Waals surface area contributed by atoms with Gasteiger partial charge in [-0.25, -0.2) is 0 Å². The number of hydrogen-bond acceptors (Lipinski definition) is 2. The number of halogens is 1. The van der Waals surface area contributed by atoms with Gasteiger partial charge in [-0.1, -0.05) is 65.8 Å². The highest BCUT2D eigenvalue weighted by Crippen LogP contribution is 2.47. The van der Waals surface area contributed by atoms with Gasteiger partial charge in [0.2, 0.25) is 0 Å². The molecule has 2 aromatic carbocycles. The van der Waals surface area contributed by atoms with Crippen LogP contribution in [-0.4, -0.2) is 0 Å². The Morgan fingerprint density at radius 3 is 1.35 bits per heavy atom. The van der Waals surface area contributed by atoms with Crippen LogP contribution in [0.15, 0.2) is 36.4 Å². The normalized spacial score (nSPS) is 12.4. The van der Waals surface area contributed by atoms with E-state index in [-0.39, 0.29) is 10.8 Å². The zero-order valence-electron chi connectivity index (χ0n) is 17.1. The minimum absolute atomic E-state index is 0.140. The summed E-state index contributed by atoms with van der Waals surface area (Å²) in [4.78, 5) is 0. The van der Waals surface area contributed by atoms with Gasteiger partial charge in [-0.2, -0.15) is 0 Å². The molecule has 0 heterocycles. The molecule has 0 aliphatic rings. The molecule has 142 valence electrons. The van der Waals surface area contributed by atoms with Crippen molar-refractivity contribution in [2.24, 2.45) is 0 Å². The van der Waals surface area contributed by atoms with Crippen LogP contribution in [0.2, 0.25) is 0 Å². The fourth-order valence-corrected chi connectivity index (χ4v) is 3.47. The maximum atomic E-state index is 14.8. The lowest BCUT2D eigenvalue weighted by molar-refractivity contribution is 0.420. The third-order valence-electron chi connectivity index (χ3n) is 4.23. The third kappa shape index (κ3) is 5.20. The number of hydrogen-bond donors (Lipinski definition) is 0. The van der Waals surface area contributed by atoms with E-state index in [9.17, 15) is 4.20 Å².